The molecule has 4 rings (SSSR count). The highest BCUT2D eigenvalue weighted by Crippen LogP contribution is 2.34. The van der Waals surface area contributed by atoms with Crippen molar-refractivity contribution in [2.45, 2.75) is 6.92 Å². The molecule has 0 aliphatic carbocycles. The van der Waals surface area contributed by atoms with E-state index in [0.717, 1.165) is 16.3 Å². The number of nitrogens with two attached hydrogens (primary N) is 1. The van der Waals surface area contributed by atoms with Crippen molar-refractivity contribution in [2.24, 2.45) is 5.73 Å². The Morgan fingerprint density at radius 2 is 1.79 bits per heavy atom. The van der Waals surface area contributed by atoms with E-state index in [0.29, 0.717) is 27.8 Å². The Balaban J connectivity index is 2.01. The van der Waals surface area contributed by atoms with Crippen molar-refractivity contribution < 1.29 is 18.7 Å². The molecule has 4 aromatic rings. The number of nitrogens with one attached hydrogen (secondary N) is 1. The molecule has 0 spiro atoms. The minimum Gasteiger partial charge on any atom is -0.494 e. The summed E-state index contributed by atoms with van der Waals surface area (Å²) >= 11 is 0. The van der Waals surface area contributed by atoms with Gasteiger partial charge in [-0.15, -0.1) is 0 Å². The molecule has 0 saturated heterocycles. The van der Waals surface area contributed by atoms with Gasteiger partial charge in [0, 0.05) is 21.9 Å². The van der Waals surface area contributed by atoms with Gasteiger partial charge in [-0.3, -0.25) is 9.59 Å². The van der Waals surface area contributed by atoms with Crippen LogP contribution in [-0.4, -0.2) is 23.8 Å². The van der Waals surface area contributed by atoms with Crippen LogP contribution in [0.2, 0.25) is 0 Å². The number of carbonyl (C=O) groups excluding carboxylic acids is 2. The highest BCUT2D eigenvalue weighted by molar-refractivity contribution is 6.16. The Bertz CT molecular complexity index is 1270. The monoisotopic (exact) mass is 376 g/mol. The van der Waals surface area contributed by atoms with Crippen molar-refractivity contribution in [1.29, 1.82) is 0 Å². The number of Topliss-reactive ketones (excluding diaryl/α,β-unsaturated/α-hetero) is 1. The van der Waals surface area contributed by atoms with Crippen molar-refractivity contribution in [3.05, 3.63) is 65.5 Å². The number of hydrogen-bond donors (Lipinski definition) is 2. The first-order valence-corrected chi connectivity index (χ1v) is 8.63. The molecule has 3 aromatic carbocycles. The molecule has 0 aliphatic rings. The standard InChI is InChI=1S/C22H17FN2O3/c1-11(26)12-3-5-15-16-7-14(13-4-6-20(28-2)18(23)9-13)8-17(22(24)27)21(16)25-19(15)10-12/h3-10,25H,1-2H3,(H2,24,27). The molecule has 0 saturated carbocycles. The van der Waals surface area contributed by atoms with Gasteiger partial charge in [-0.25, -0.2) is 4.39 Å². The molecular weight excluding hydrogens is 359 g/mol. The van der Waals surface area contributed by atoms with Crippen LogP contribution in [0, 0.1) is 5.82 Å². The molecule has 1 amide bonds. The number of amides is 1. The van der Waals surface area contributed by atoms with Gasteiger partial charge in [0.1, 0.15) is 0 Å². The maximum Gasteiger partial charge on any atom is 0.250 e. The summed E-state index contributed by atoms with van der Waals surface area (Å²) in [5.41, 5.74) is 9.01. The largest absolute Gasteiger partial charge is 0.494 e. The van der Waals surface area contributed by atoms with Crippen molar-refractivity contribution >= 4 is 33.5 Å². The Hall–Kier alpha value is -3.67. The number of H-pyrrole nitrogens is 1. The van der Waals surface area contributed by atoms with E-state index in [4.69, 9.17) is 10.5 Å². The number of ether oxygens (including phenoxy) is 1. The van der Waals surface area contributed by atoms with Crippen LogP contribution in [0.15, 0.2) is 48.5 Å². The number of aromatic amines is 1. The third-order valence-electron chi connectivity index (χ3n) is 4.86. The lowest BCUT2D eigenvalue weighted by Gasteiger charge is -2.08. The molecular formula is C22H17FN2O3. The summed E-state index contributed by atoms with van der Waals surface area (Å²) in [6.07, 6.45) is 0. The Morgan fingerprint density at radius 1 is 1.00 bits per heavy atom. The summed E-state index contributed by atoms with van der Waals surface area (Å²) in [7, 11) is 1.40. The number of halogens is 1. The van der Waals surface area contributed by atoms with E-state index in [1.807, 2.05) is 12.1 Å². The molecule has 0 atom stereocenters. The number of aromatic nitrogens is 1. The molecule has 5 nitrogen and oxygen atoms in total. The number of benzene rings is 3. The molecule has 6 heteroatoms. The summed E-state index contributed by atoms with van der Waals surface area (Å²) in [5.74, 6) is -1.00. The first-order valence-electron chi connectivity index (χ1n) is 8.63. The van der Waals surface area contributed by atoms with E-state index in [1.54, 1.807) is 24.3 Å². The molecule has 0 bridgehead atoms. The minimum atomic E-state index is -0.598. The van der Waals surface area contributed by atoms with Gasteiger partial charge in [-0.2, -0.15) is 0 Å². The van der Waals surface area contributed by atoms with Gasteiger partial charge < -0.3 is 15.5 Å². The van der Waals surface area contributed by atoms with Gasteiger partial charge in [-0.1, -0.05) is 18.2 Å². The van der Waals surface area contributed by atoms with E-state index in [-0.39, 0.29) is 11.5 Å². The fraction of sp³-hybridized carbons (Fsp3) is 0.0909. The predicted molar refractivity (Wildman–Crippen MR) is 106 cm³/mol. The average molecular weight is 376 g/mol. The molecule has 0 fully saturated rings. The molecule has 0 radical (unpaired) electrons. The molecule has 0 unspecified atom stereocenters. The van der Waals surface area contributed by atoms with Gasteiger partial charge in [0.15, 0.2) is 17.3 Å². The number of ketones is 1. The van der Waals surface area contributed by atoms with Gasteiger partial charge in [0.05, 0.1) is 18.2 Å². The zero-order valence-corrected chi connectivity index (χ0v) is 15.3. The second kappa shape index (κ2) is 6.49. The molecule has 0 aliphatic heterocycles. The zero-order valence-electron chi connectivity index (χ0n) is 15.3. The Kier molecular flexibility index (Phi) is 4.11. The third kappa shape index (κ3) is 2.79. The lowest BCUT2D eigenvalue weighted by molar-refractivity contribution is 0.0997. The number of rotatable bonds is 4. The molecule has 1 heterocycles. The topological polar surface area (TPSA) is 85.2 Å². The van der Waals surface area contributed by atoms with Crippen molar-refractivity contribution in [2.75, 3.05) is 7.11 Å². The maximum atomic E-state index is 14.2. The summed E-state index contributed by atoms with van der Waals surface area (Å²) in [6.45, 7) is 1.50. The first-order chi connectivity index (χ1) is 13.4. The zero-order chi connectivity index (χ0) is 20.0. The Morgan fingerprint density at radius 3 is 2.43 bits per heavy atom. The van der Waals surface area contributed by atoms with Crippen LogP contribution in [0.1, 0.15) is 27.6 Å². The van der Waals surface area contributed by atoms with Crippen LogP contribution in [0.25, 0.3) is 32.9 Å². The number of carbonyl (C=O) groups is 2. The second-order valence-electron chi connectivity index (χ2n) is 6.60. The normalized spacial score (nSPS) is 11.1. The summed E-state index contributed by atoms with van der Waals surface area (Å²) in [5, 5.41) is 1.62. The quantitative estimate of drug-likeness (QED) is 0.517. The van der Waals surface area contributed by atoms with Crippen LogP contribution < -0.4 is 10.5 Å². The SMILES string of the molecule is COc1ccc(-c2cc(C(N)=O)c3[nH]c4cc(C(C)=O)ccc4c3c2)cc1F. The maximum absolute atomic E-state index is 14.2. The van der Waals surface area contributed by atoms with E-state index in [2.05, 4.69) is 4.98 Å². The minimum absolute atomic E-state index is 0.0509. The van der Waals surface area contributed by atoms with Gasteiger partial charge in [-0.05, 0) is 48.4 Å². The summed E-state index contributed by atoms with van der Waals surface area (Å²) in [6, 6.07) is 13.4. The number of hydrogen-bond acceptors (Lipinski definition) is 3. The van der Waals surface area contributed by atoms with Crippen molar-refractivity contribution in [3.63, 3.8) is 0 Å². The summed E-state index contributed by atoms with van der Waals surface area (Å²) < 4.78 is 19.1. The van der Waals surface area contributed by atoms with Gasteiger partial charge in [0.25, 0.3) is 5.91 Å². The second-order valence-corrected chi connectivity index (χ2v) is 6.60. The predicted octanol–water partition coefficient (Wildman–Crippen LogP) is 4.44. The van der Waals surface area contributed by atoms with E-state index in [9.17, 15) is 14.0 Å². The lowest BCUT2D eigenvalue weighted by Crippen LogP contribution is -2.11. The fourth-order valence-electron chi connectivity index (χ4n) is 3.43. The van der Waals surface area contributed by atoms with Crippen LogP contribution in [-0.2, 0) is 0 Å². The molecule has 28 heavy (non-hydrogen) atoms. The number of methoxy groups -OCH3 is 1. The van der Waals surface area contributed by atoms with Crippen LogP contribution in [0.5, 0.6) is 5.75 Å². The highest BCUT2D eigenvalue weighted by atomic mass is 19.1. The highest BCUT2D eigenvalue weighted by Gasteiger charge is 2.16. The van der Waals surface area contributed by atoms with Crippen molar-refractivity contribution in [3.8, 4) is 16.9 Å². The number of primary amides is 1. The van der Waals surface area contributed by atoms with Gasteiger partial charge >= 0.3 is 0 Å². The van der Waals surface area contributed by atoms with E-state index < -0.39 is 11.7 Å². The number of fused-ring (bicyclic) bond motifs is 3. The van der Waals surface area contributed by atoms with Gasteiger partial charge in [0.2, 0.25) is 0 Å². The molecule has 1 aromatic heterocycles. The third-order valence-corrected chi connectivity index (χ3v) is 4.86. The van der Waals surface area contributed by atoms with Crippen LogP contribution in [0.4, 0.5) is 4.39 Å². The summed E-state index contributed by atoms with van der Waals surface area (Å²) in [4.78, 5) is 26.9. The average Bonchev–Trinajstić information content (AvgIpc) is 3.04. The first kappa shape index (κ1) is 17.7. The van der Waals surface area contributed by atoms with Crippen LogP contribution >= 0.6 is 0 Å². The fourth-order valence-corrected chi connectivity index (χ4v) is 3.43. The Labute approximate surface area is 159 Å². The van der Waals surface area contributed by atoms with Crippen molar-refractivity contribution in [1.82, 2.24) is 4.98 Å². The van der Waals surface area contributed by atoms with E-state index >= 15 is 0 Å². The van der Waals surface area contributed by atoms with Crippen LogP contribution in [0.3, 0.4) is 0 Å². The smallest absolute Gasteiger partial charge is 0.250 e. The lowest BCUT2D eigenvalue weighted by atomic mass is 9.98. The molecule has 140 valence electrons. The van der Waals surface area contributed by atoms with E-state index in [1.165, 1.54) is 26.2 Å². The molecule has 3 N–H and O–H groups in total.